The van der Waals surface area contributed by atoms with Crippen LogP contribution in [0, 0.1) is 6.92 Å². The highest BCUT2D eigenvalue weighted by molar-refractivity contribution is 5.93. The number of primary amides is 1. The molecule has 8 heteroatoms. The van der Waals surface area contributed by atoms with Crippen molar-refractivity contribution in [1.82, 2.24) is 14.3 Å². The number of nitrogens with two attached hydrogens (primary N) is 1. The van der Waals surface area contributed by atoms with Gasteiger partial charge >= 0.3 is 0 Å². The summed E-state index contributed by atoms with van der Waals surface area (Å²) in [7, 11) is 1.53. The Kier molecular flexibility index (Phi) is 4.73. The molecule has 1 aliphatic heterocycles. The van der Waals surface area contributed by atoms with Crippen LogP contribution in [0.3, 0.4) is 0 Å². The quantitative estimate of drug-likeness (QED) is 0.843. The molecule has 1 unspecified atom stereocenters. The van der Waals surface area contributed by atoms with Crippen molar-refractivity contribution >= 4 is 17.5 Å². The number of methoxy groups -OCH3 is 1. The van der Waals surface area contributed by atoms with Crippen molar-refractivity contribution < 1.29 is 19.1 Å². The van der Waals surface area contributed by atoms with Crippen molar-refractivity contribution in [3.63, 3.8) is 0 Å². The van der Waals surface area contributed by atoms with Gasteiger partial charge in [0.25, 0.3) is 5.91 Å². The number of hydrogen-bond acceptors (Lipinski definition) is 5. The number of pyridine rings is 1. The number of rotatable bonds is 5. The van der Waals surface area contributed by atoms with Crippen LogP contribution < -0.4 is 5.73 Å². The van der Waals surface area contributed by atoms with Crippen molar-refractivity contribution in [2.24, 2.45) is 5.73 Å². The summed E-state index contributed by atoms with van der Waals surface area (Å²) in [5.41, 5.74) is 6.58. The van der Waals surface area contributed by atoms with E-state index >= 15 is 0 Å². The molecule has 0 aromatic carbocycles. The maximum Gasteiger partial charge on any atom is 0.274 e. The third-order valence-corrected chi connectivity index (χ3v) is 4.26. The standard InChI is InChI=1S/C17H22N4O4/c1-12-3-4-15-19-13(9-21(15)8-12)16(23)20-5-6-25-17(10-20,11-24-2)7-14(18)22/h3-4,8-9H,5-7,10-11H2,1-2H3,(H2,18,22). The molecule has 2 aromatic rings. The highest BCUT2D eigenvalue weighted by Crippen LogP contribution is 2.24. The van der Waals surface area contributed by atoms with Crippen molar-refractivity contribution in [1.29, 1.82) is 0 Å². The maximum atomic E-state index is 12.9. The second-order valence-corrected chi connectivity index (χ2v) is 6.43. The summed E-state index contributed by atoms with van der Waals surface area (Å²) < 4.78 is 12.8. The molecule has 1 fully saturated rings. The summed E-state index contributed by atoms with van der Waals surface area (Å²) in [5.74, 6) is -0.691. The van der Waals surface area contributed by atoms with Crippen molar-refractivity contribution in [3.05, 3.63) is 35.8 Å². The lowest BCUT2D eigenvalue weighted by Crippen LogP contribution is -2.57. The summed E-state index contributed by atoms with van der Waals surface area (Å²) in [6.45, 7) is 3.14. The van der Waals surface area contributed by atoms with Gasteiger partial charge in [-0.25, -0.2) is 4.98 Å². The fourth-order valence-corrected chi connectivity index (χ4v) is 3.21. The molecule has 0 saturated carbocycles. The van der Waals surface area contributed by atoms with E-state index in [2.05, 4.69) is 4.98 Å². The highest BCUT2D eigenvalue weighted by Gasteiger charge is 2.40. The van der Waals surface area contributed by atoms with Gasteiger partial charge < -0.3 is 24.5 Å². The molecule has 3 rings (SSSR count). The number of carbonyl (C=O) groups is 2. The molecule has 1 saturated heterocycles. The number of imidazole rings is 1. The van der Waals surface area contributed by atoms with E-state index in [0.29, 0.717) is 24.5 Å². The normalized spacial score (nSPS) is 20.8. The Morgan fingerprint density at radius 2 is 2.20 bits per heavy atom. The minimum atomic E-state index is -0.912. The Morgan fingerprint density at radius 3 is 2.92 bits per heavy atom. The van der Waals surface area contributed by atoms with Crippen LogP contribution in [0.25, 0.3) is 5.65 Å². The average Bonchev–Trinajstić information content (AvgIpc) is 2.96. The monoisotopic (exact) mass is 346 g/mol. The molecule has 1 aliphatic rings. The smallest absolute Gasteiger partial charge is 0.274 e. The third kappa shape index (κ3) is 3.64. The molecular weight excluding hydrogens is 324 g/mol. The molecule has 25 heavy (non-hydrogen) atoms. The lowest BCUT2D eigenvalue weighted by molar-refractivity contribution is -0.148. The van der Waals surface area contributed by atoms with Crippen LogP contribution in [0.1, 0.15) is 22.5 Å². The van der Waals surface area contributed by atoms with Crippen LogP contribution in [0.15, 0.2) is 24.5 Å². The second-order valence-electron chi connectivity index (χ2n) is 6.43. The first-order chi connectivity index (χ1) is 11.9. The molecule has 0 bridgehead atoms. The van der Waals surface area contributed by atoms with Crippen LogP contribution in [-0.4, -0.2) is 65.1 Å². The van der Waals surface area contributed by atoms with Gasteiger partial charge in [-0.3, -0.25) is 9.59 Å². The Bertz CT molecular complexity index is 799. The molecule has 2 aromatic heterocycles. The van der Waals surface area contributed by atoms with E-state index in [1.807, 2.05) is 29.7 Å². The predicted octanol–water partition coefficient (Wildman–Crippen LogP) is 0.376. The van der Waals surface area contributed by atoms with E-state index in [-0.39, 0.29) is 25.5 Å². The molecular formula is C17H22N4O4. The molecule has 1 atom stereocenters. The largest absolute Gasteiger partial charge is 0.382 e. The first-order valence-corrected chi connectivity index (χ1v) is 8.08. The summed E-state index contributed by atoms with van der Waals surface area (Å²) in [6.07, 6.45) is 3.63. The second kappa shape index (κ2) is 6.81. The number of aromatic nitrogens is 2. The summed E-state index contributed by atoms with van der Waals surface area (Å²) >= 11 is 0. The zero-order valence-electron chi connectivity index (χ0n) is 14.4. The minimum absolute atomic E-state index is 0.00498. The number of hydrogen-bond donors (Lipinski definition) is 1. The van der Waals surface area contributed by atoms with Crippen LogP contribution in [0.5, 0.6) is 0 Å². The third-order valence-electron chi connectivity index (χ3n) is 4.26. The Hall–Kier alpha value is -2.45. The number of nitrogens with zero attached hydrogens (tertiary/aromatic N) is 3. The zero-order chi connectivity index (χ0) is 18.0. The number of amides is 2. The van der Waals surface area contributed by atoms with Gasteiger partial charge in [0, 0.05) is 26.0 Å². The van der Waals surface area contributed by atoms with Crippen molar-refractivity contribution in [2.45, 2.75) is 18.9 Å². The molecule has 0 spiro atoms. The van der Waals surface area contributed by atoms with Gasteiger partial charge in [0.1, 0.15) is 16.9 Å². The fraction of sp³-hybridized carbons (Fsp3) is 0.471. The first kappa shape index (κ1) is 17.4. The highest BCUT2D eigenvalue weighted by atomic mass is 16.5. The van der Waals surface area contributed by atoms with Crippen LogP contribution in [-0.2, 0) is 14.3 Å². The van der Waals surface area contributed by atoms with Crippen LogP contribution in [0.4, 0.5) is 0 Å². The molecule has 2 amide bonds. The maximum absolute atomic E-state index is 12.9. The van der Waals surface area contributed by atoms with E-state index in [4.69, 9.17) is 15.2 Å². The lowest BCUT2D eigenvalue weighted by Gasteiger charge is -2.41. The van der Waals surface area contributed by atoms with Crippen LogP contribution >= 0.6 is 0 Å². The van der Waals surface area contributed by atoms with E-state index < -0.39 is 11.5 Å². The number of ether oxygens (including phenoxy) is 2. The molecule has 0 radical (unpaired) electrons. The lowest BCUT2D eigenvalue weighted by atomic mass is 9.97. The number of carbonyl (C=O) groups excluding carboxylic acids is 2. The Labute approximate surface area is 145 Å². The van der Waals surface area contributed by atoms with Gasteiger partial charge in [-0.15, -0.1) is 0 Å². The molecule has 0 aliphatic carbocycles. The first-order valence-electron chi connectivity index (χ1n) is 8.08. The topological polar surface area (TPSA) is 99.2 Å². The van der Waals surface area contributed by atoms with Crippen molar-refractivity contribution in [3.8, 4) is 0 Å². The van der Waals surface area contributed by atoms with Gasteiger partial charge in [-0.1, -0.05) is 6.07 Å². The molecule has 2 N–H and O–H groups in total. The fourth-order valence-electron chi connectivity index (χ4n) is 3.21. The van der Waals surface area contributed by atoms with Gasteiger partial charge in [-0.05, 0) is 18.6 Å². The number of morpholine rings is 1. The van der Waals surface area contributed by atoms with Gasteiger partial charge in [0.05, 0.1) is 26.2 Å². The Morgan fingerprint density at radius 1 is 1.40 bits per heavy atom. The molecule has 134 valence electrons. The predicted molar refractivity (Wildman–Crippen MR) is 90.2 cm³/mol. The minimum Gasteiger partial charge on any atom is -0.382 e. The van der Waals surface area contributed by atoms with Crippen molar-refractivity contribution in [2.75, 3.05) is 33.4 Å². The zero-order valence-corrected chi connectivity index (χ0v) is 14.4. The molecule has 3 heterocycles. The summed E-state index contributed by atoms with van der Waals surface area (Å²) in [4.78, 5) is 30.3. The molecule has 8 nitrogen and oxygen atoms in total. The van der Waals surface area contributed by atoms with E-state index in [1.54, 1.807) is 11.1 Å². The van der Waals surface area contributed by atoms with Crippen LogP contribution in [0.2, 0.25) is 0 Å². The average molecular weight is 346 g/mol. The van der Waals surface area contributed by atoms with Gasteiger partial charge in [-0.2, -0.15) is 0 Å². The van der Waals surface area contributed by atoms with E-state index in [0.717, 1.165) is 5.56 Å². The van der Waals surface area contributed by atoms with E-state index in [9.17, 15) is 9.59 Å². The number of fused-ring (bicyclic) bond motifs is 1. The SMILES string of the molecule is COCC1(CC(N)=O)CN(C(=O)c2cn3cc(C)ccc3n2)CCO1. The number of aryl methyl sites for hydroxylation is 1. The summed E-state index contributed by atoms with van der Waals surface area (Å²) in [5, 5.41) is 0. The summed E-state index contributed by atoms with van der Waals surface area (Å²) in [6, 6.07) is 3.82. The Balaban J connectivity index is 1.83. The van der Waals surface area contributed by atoms with Gasteiger partial charge in [0.2, 0.25) is 5.91 Å². The van der Waals surface area contributed by atoms with E-state index in [1.165, 1.54) is 7.11 Å². The van der Waals surface area contributed by atoms with Gasteiger partial charge in [0.15, 0.2) is 0 Å².